The number of nitriles is 1. The van der Waals surface area contributed by atoms with Crippen molar-refractivity contribution in [3.63, 3.8) is 0 Å². The van der Waals surface area contributed by atoms with Crippen molar-refractivity contribution in [2.24, 2.45) is 0 Å². The average molecular weight is 324 g/mol. The Hall–Kier alpha value is -2.39. The van der Waals surface area contributed by atoms with Crippen LogP contribution in [0.3, 0.4) is 0 Å². The first kappa shape index (κ1) is 14.2. The monoisotopic (exact) mass is 324 g/mol. The fourth-order valence-electron chi connectivity index (χ4n) is 2.95. The summed E-state index contributed by atoms with van der Waals surface area (Å²) in [5.41, 5.74) is 4.13. The summed E-state index contributed by atoms with van der Waals surface area (Å²) in [7, 11) is 1.65. The van der Waals surface area contributed by atoms with Crippen LogP contribution in [-0.4, -0.2) is 21.7 Å². The molecule has 0 radical (unpaired) electrons. The van der Waals surface area contributed by atoms with E-state index in [2.05, 4.69) is 17.2 Å². The van der Waals surface area contributed by atoms with E-state index in [0.717, 1.165) is 32.4 Å². The number of hydrogen-bond donors (Lipinski definition) is 0. The Morgan fingerprint density at radius 1 is 1.35 bits per heavy atom. The minimum atomic E-state index is 0.478. The van der Waals surface area contributed by atoms with Crippen molar-refractivity contribution < 1.29 is 4.74 Å². The van der Waals surface area contributed by atoms with Crippen molar-refractivity contribution in [1.82, 2.24) is 14.6 Å². The maximum atomic E-state index is 9.65. The Morgan fingerprint density at radius 2 is 2.13 bits per heavy atom. The summed E-state index contributed by atoms with van der Waals surface area (Å²) in [5.74, 6) is 1.33. The molecule has 1 fully saturated rings. The molecule has 0 amide bonds. The molecule has 1 saturated carbocycles. The number of nitrogens with zero attached hydrogens (tertiary/aromatic N) is 4. The number of rotatable bonds is 3. The van der Waals surface area contributed by atoms with Crippen LogP contribution in [0.5, 0.6) is 5.75 Å². The largest absolute Gasteiger partial charge is 0.496 e. The number of imidazole rings is 1. The highest BCUT2D eigenvalue weighted by Crippen LogP contribution is 2.43. The topological polar surface area (TPSA) is 63.2 Å². The van der Waals surface area contributed by atoms with Gasteiger partial charge in [-0.25, -0.2) is 4.98 Å². The first-order valence-corrected chi connectivity index (χ1v) is 8.39. The number of methoxy groups -OCH3 is 1. The van der Waals surface area contributed by atoms with Crippen LogP contribution in [0, 0.1) is 25.2 Å². The first-order chi connectivity index (χ1) is 11.1. The van der Waals surface area contributed by atoms with Crippen LogP contribution in [0.25, 0.3) is 16.2 Å². The Labute approximate surface area is 138 Å². The second kappa shape index (κ2) is 5.07. The van der Waals surface area contributed by atoms with E-state index < -0.39 is 0 Å². The average Bonchev–Trinajstić information content (AvgIpc) is 3.19. The molecule has 0 N–H and O–H groups in total. The molecule has 0 saturated heterocycles. The summed E-state index contributed by atoms with van der Waals surface area (Å²) in [6.45, 7) is 4.03. The maximum absolute atomic E-state index is 9.65. The van der Waals surface area contributed by atoms with Crippen molar-refractivity contribution in [3.05, 3.63) is 34.0 Å². The molecule has 2 aromatic heterocycles. The number of ether oxygens (including phenoxy) is 1. The lowest BCUT2D eigenvalue weighted by molar-refractivity contribution is 0.413. The summed E-state index contributed by atoms with van der Waals surface area (Å²) in [4.78, 5) is 5.47. The van der Waals surface area contributed by atoms with Gasteiger partial charge in [-0.3, -0.25) is 0 Å². The molecule has 0 spiro atoms. The lowest BCUT2D eigenvalue weighted by atomic mass is 10.0. The van der Waals surface area contributed by atoms with Crippen molar-refractivity contribution in [1.29, 1.82) is 5.26 Å². The normalized spacial score (nSPS) is 14.2. The van der Waals surface area contributed by atoms with Gasteiger partial charge in [0, 0.05) is 11.5 Å². The van der Waals surface area contributed by atoms with E-state index in [1.54, 1.807) is 23.0 Å². The minimum absolute atomic E-state index is 0.478. The predicted molar refractivity (Wildman–Crippen MR) is 89.0 cm³/mol. The van der Waals surface area contributed by atoms with Gasteiger partial charge in [0.15, 0.2) is 5.69 Å². The summed E-state index contributed by atoms with van der Waals surface area (Å²) < 4.78 is 7.24. The van der Waals surface area contributed by atoms with Gasteiger partial charge in [0.2, 0.25) is 4.96 Å². The number of hydrogen-bond acceptors (Lipinski definition) is 5. The van der Waals surface area contributed by atoms with Crippen LogP contribution in [0.1, 0.15) is 40.6 Å². The number of benzene rings is 1. The third-order valence-electron chi connectivity index (χ3n) is 4.13. The molecule has 116 valence electrons. The summed E-state index contributed by atoms with van der Waals surface area (Å²) in [6, 6.07) is 6.35. The predicted octanol–water partition coefficient (Wildman–Crippen LogP) is 3.83. The van der Waals surface area contributed by atoms with E-state index in [-0.39, 0.29) is 0 Å². The van der Waals surface area contributed by atoms with E-state index in [0.29, 0.717) is 17.3 Å². The van der Waals surface area contributed by atoms with Crippen molar-refractivity contribution in [2.45, 2.75) is 32.6 Å². The zero-order valence-corrected chi connectivity index (χ0v) is 14.1. The van der Waals surface area contributed by atoms with Crippen LogP contribution in [0.15, 0.2) is 12.1 Å². The first-order valence-electron chi connectivity index (χ1n) is 7.57. The molecular weight excluding hydrogens is 308 g/mol. The number of fused-ring (bicyclic) bond motifs is 1. The van der Waals surface area contributed by atoms with Gasteiger partial charge in [-0.05, 0) is 43.9 Å². The Morgan fingerprint density at radius 3 is 2.78 bits per heavy atom. The molecular formula is C17H16N4OS. The van der Waals surface area contributed by atoms with Crippen molar-refractivity contribution in [2.75, 3.05) is 7.11 Å². The molecule has 0 atom stereocenters. The smallest absolute Gasteiger partial charge is 0.214 e. The Kier molecular flexibility index (Phi) is 3.13. The van der Waals surface area contributed by atoms with Gasteiger partial charge in [0.05, 0.1) is 7.11 Å². The Bertz CT molecular complexity index is 959. The molecule has 5 nitrogen and oxygen atoms in total. The van der Waals surface area contributed by atoms with Crippen LogP contribution in [0.2, 0.25) is 0 Å². The Balaban J connectivity index is 1.96. The lowest BCUT2D eigenvalue weighted by Crippen LogP contribution is -1.96. The molecule has 6 heteroatoms. The molecule has 0 aliphatic heterocycles. The molecule has 2 heterocycles. The van der Waals surface area contributed by atoms with Gasteiger partial charge < -0.3 is 4.74 Å². The van der Waals surface area contributed by atoms with E-state index in [1.165, 1.54) is 12.8 Å². The highest BCUT2D eigenvalue weighted by Gasteiger charge is 2.29. The van der Waals surface area contributed by atoms with Gasteiger partial charge in [0.25, 0.3) is 0 Å². The van der Waals surface area contributed by atoms with Gasteiger partial charge in [0.1, 0.15) is 22.5 Å². The molecule has 1 aliphatic rings. The van der Waals surface area contributed by atoms with E-state index >= 15 is 0 Å². The second-order valence-corrected chi connectivity index (χ2v) is 6.98. The van der Waals surface area contributed by atoms with Crippen LogP contribution >= 0.6 is 11.3 Å². The van der Waals surface area contributed by atoms with Gasteiger partial charge in [-0.15, -0.1) is 0 Å². The van der Waals surface area contributed by atoms with Gasteiger partial charge in [-0.1, -0.05) is 17.4 Å². The standard InChI is InChI=1S/C17H16N4OS/c1-9-6-10(2)15(22-3)12(7-9)14-13(8-18)21-17(19-14)23-16(20-21)11-4-5-11/h6-7,11H,4-5H2,1-3H3. The summed E-state index contributed by atoms with van der Waals surface area (Å²) >= 11 is 1.58. The molecule has 0 bridgehead atoms. The molecule has 1 aromatic carbocycles. The fraction of sp³-hybridized carbons (Fsp3) is 0.353. The van der Waals surface area contributed by atoms with E-state index in [9.17, 15) is 5.26 Å². The van der Waals surface area contributed by atoms with Crippen LogP contribution in [0.4, 0.5) is 0 Å². The number of aryl methyl sites for hydroxylation is 2. The van der Waals surface area contributed by atoms with Gasteiger partial charge >= 0.3 is 0 Å². The third-order valence-corrected chi connectivity index (χ3v) is 5.20. The minimum Gasteiger partial charge on any atom is -0.496 e. The van der Waals surface area contributed by atoms with Crippen LogP contribution in [-0.2, 0) is 0 Å². The zero-order chi connectivity index (χ0) is 16.1. The zero-order valence-electron chi connectivity index (χ0n) is 13.3. The molecule has 23 heavy (non-hydrogen) atoms. The van der Waals surface area contributed by atoms with Crippen LogP contribution < -0.4 is 4.74 Å². The maximum Gasteiger partial charge on any atom is 0.214 e. The highest BCUT2D eigenvalue weighted by molar-refractivity contribution is 7.16. The number of aromatic nitrogens is 3. The van der Waals surface area contributed by atoms with Crippen molar-refractivity contribution in [3.8, 4) is 23.1 Å². The molecule has 3 aromatic rings. The SMILES string of the molecule is COc1c(C)cc(C)cc1-c1nc2sc(C3CC3)nn2c1C#N. The third kappa shape index (κ3) is 2.20. The van der Waals surface area contributed by atoms with E-state index in [4.69, 9.17) is 9.72 Å². The summed E-state index contributed by atoms with van der Waals surface area (Å²) in [6.07, 6.45) is 2.38. The lowest BCUT2D eigenvalue weighted by Gasteiger charge is -2.11. The molecule has 4 rings (SSSR count). The quantitative estimate of drug-likeness (QED) is 0.734. The molecule has 1 aliphatic carbocycles. The fourth-order valence-corrected chi connectivity index (χ4v) is 4.02. The van der Waals surface area contributed by atoms with E-state index in [1.807, 2.05) is 19.9 Å². The highest BCUT2D eigenvalue weighted by atomic mass is 32.1. The second-order valence-electron chi connectivity index (χ2n) is 5.99. The molecule has 0 unspecified atom stereocenters. The van der Waals surface area contributed by atoms with Crippen molar-refractivity contribution >= 4 is 16.3 Å². The summed E-state index contributed by atoms with van der Waals surface area (Å²) in [5, 5.41) is 15.3. The van der Waals surface area contributed by atoms with Gasteiger partial charge in [-0.2, -0.15) is 14.9 Å².